The average Bonchev–Trinajstić information content (AvgIpc) is 0.740. The quantitative estimate of drug-likeness (QED) is 0.0199. The number of hydrogen-bond acceptors (Lipinski definition) is 44. The van der Waals surface area contributed by atoms with Crippen molar-refractivity contribution in [3.63, 3.8) is 0 Å². The molecule has 52 heteroatoms. The van der Waals surface area contributed by atoms with E-state index in [1.807, 2.05) is 0 Å². The second-order valence-electron chi connectivity index (χ2n) is 39.2. The number of aliphatic hydroxyl groups excluding tert-OH is 22. The van der Waals surface area contributed by atoms with E-state index >= 15 is 0 Å². The van der Waals surface area contributed by atoms with Crippen LogP contribution in [0.15, 0.2) is 12.2 Å². The van der Waals surface area contributed by atoms with Gasteiger partial charge in [0, 0.05) is 53.4 Å². The van der Waals surface area contributed by atoms with Crippen molar-refractivity contribution in [1.29, 1.82) is 0 Å². The maximum absolute atomic E-state index is 14.7. The van der Waals surface area contributed by atoms with E-state index < -0.39 is 363 Å². The number of carbonyl (C=O) groups excluding carboxylic acids is 5. The van der Waals surface area contributed by atoms with Crippen LogP contribution in [0.5, 0.6) is 0 Å². The highest BCUT2D eigenvalue weighted by Crippen LogP contribution is 2.45. The van der Waals surface area contributed by atoms with Gasteiger partial charge in [-0.1, -0.05) is 180 Å². The van der Waals surface area contributed by atoms with Crippen molar-refractivity contribution in [2.75, 3.05) is 52.9 Å². The minimum absolute atomic E-state index is 0.0532. The Morgan fingerprint density at radius 2 is 0.721 bits per heavy atom. The lowest BCUT2D eigenvalue weighted by atomic mass is 9.86. The molecular formula is C95H165N5O47. The molecule has 7 heterocycles. The number of carboxylic acid groups (broad SMARTS) is 3. The van der Waals surface area contributed by atoms with Gasteiger partial charge in [0.15, 0.2) is 25.2 Å². The van der Waals surface area contributed by atoms with Crippen molar-refractivity contribution < 1.29 is 232 Å². The fourth-order valence-corrected chi connectivity index (χ4v) is 19.5. The van der Waals surface area contributed by atoms with Crippen LogP contribution in [0.25, 0.3) is 0 Å². The van der Waals surface area contributed by atoms with Crippen LogP contribution in [0.1, 0.15) is 241 Å². The molecule has 0 saturated carbocycles. The summed E-state index contributed by atoms with van der Waals surface area (Å²) in [6.45, 7) is -2.38. The van der Waals surface area contributed by atoms with Crippen molar-refractivity contribution in [2.45, 2.75) is 484 Å². The van der Waals surface area contributed by atoms with Crippen molar-refractivity contribution in [1.82, 2.24) is 26.6 Å². The average molecular weight is 2130 g/mol. The lowest BCUT2D eigenvalue weighted by Gasteiger charge is -2.53. The molecule has 7 aliphatic heterocycles. The number of carbonyl (C=O) groups is 8. The summed E-state index contributed by atoms with van der Waals surface area (Å²) in [4.78, 5) is 108. The SMILES string of the molecule is CCCCCCCCCCCCC/C=C/[C@@H](O)[C@H](CO[C@@H]1OC(CO)[C@@H](O[C@@H]2OC(CO)[C@H](O[C@@H]3OC(CO)[C@H](O)[C@H](O[C@@H]4OC(CO)[C@H](O)[C@H](O)C4O)C3NC(C)=O)[C@H](O[C@]3(C(=O)O)CC(O)[C@@H](NC(C)=O)C([C@H](O)[C@@H](CO)O[C@]4(C(=O)O)CC(O)[C@@H](NC(C)=O)C([C@H](O)[C@@H](CO)O[C@]5(C(=O)O)CC(O)[C@@H](NC(C)=O)C([C@H](O)[C@H](O)CO)O5)O4)O3)C2O)[C@H](O)C1O)NC(=O)CCCCCCCCCCCCCCCCC. The van der Waals surface area contributed by atoms with Crippen LogP contribution in [0, 0.1) is 0 Å². The molecule has 7 aliphatic rings. The smallest absolute Gasteiger partial charge is 0.364 e. The minimum Gasteiger partial charge on any atom is -0.477 e. The van der Waals surface area contributed by atoms with E-state index in [4.69, 9.17) is 66.3 Å². The van der Waals surface area contributed by atoms with Gasteiger partial charge in [-0.05, 0) is 19.3 Å². The summed E-state index contributed by atoms with van der Waals surface area (Å²) in [5, 5.41) is 298. The van der Waals surface area contributed by atoms with Gasteiger partial charge in [0.1, 0.15) is 153 Å². The molecule has 7 rings (SSSR count). The normalized spacial score (nSPS) is 35.5. The first kappa shape index (κ1) is 128. The molecule has 52 nitrogen and oxygen atoms in total. The van der Waals surface area contributed by atoms with E-state index in [0.717, 1.165) is 111 Å². The molecule has 147 heavy (non-hydrogen) atoms. The number of carboxylic acids is 3. The van der Waals surface area contributed by atoms with E-state index in [2.05, 4.69) is 40.4 Å². The van der Waals surface area contributed by atoms with Crippen molar-refractivity contribution in [2.24, 2.45) is 0 Å². The molecule has 30 N–H and O–H groups in total. The number of aliphatic hydroxyl groups is 22. The van der Waals surface area contributed by atoms with E-state index in [1.165, 1.54) is 83.1 Å². The number of nitrogens with one attached hydrogen (secondary N) is 5. The molecule has 852 valence electrons. The third kappa shape index (κ3) is 36.1. The Hall–Kier alpha value is -5.94. The highest BCUT2D eigenvalue weighted by atomic mass is 16.8. The standard InChI is InChI=1S/C95H165N5O47/c1-7-9-11-13-15-17-19-21-22-24-26-28-30-32-34-36-64(117)100-52(53(112)35-33-31-29-27-25-23-20-18-16-14-12-10-8-2)47-134-87-77(126)75(124)79(62(45-106)137-87)139-89-78(127)85(80(63(46-107)138-89)140-86-68(99-51(6)111)81(71(120)59(42-103)135-86)141-88-76(125)74(123)70(119)58(41-102)136-88)147-95(92(132)133)39-56(115)67(98-50(5)110)84(146-95)73(122)61(44-105)143-94(91(130)131)38-55(114)66(97-49(4)109)83(145-94)72(121)60(43-104)142-93(90(128)129)37-54(113)65(96-48(3)108)82(144-93)69(118)57(116)40-101/h33,35,52-63,65-89,101-107,112-116,118-127H,7-32,34,36-47H2,1-6H3,(H,96,108)(H,97,109)(H,98,110)(H,99,111)(H,100,117)(H,128,129)(H,130,131)(H,132,133)/b35-33+/t52-,53+,54?,55?,56?,57+,58?,59?,60+,61+,62?,63?,65+,66+,67+,68?,69+,70-,71-,72+,73+,74-,75+,76?,77?,78?,79+,80-,81+,82?,83?,84?,85+,86-,87+,88-,89-,93+,94+,95-/m0/s1. The highest BCUT2D eigenvalue weighted by molar-refractivity contribution is 5.79. The maximum Gasteiger partial charge on any atom is 0.364 e. The van der Waals surface area contributed by atoms with Crippen molar-refractivity contribution in [3.8, 4) is 0 Å². The zero-order valence-corrected chi connectivity index (χ0v) is 84.3. The van der Waals surface area contributed by atoms with E-state index in [-0.39, 0.29) is 6.42 Å². The van der Waals surface area contributed by atoms with Crippen molar-refractivity contribution >= 4 is 47.4 Å². The van der Waals surface area contributed by atoms with Gasteiger partial charge in [-0.3, -0.25) is 24.0 Å². The summed E-state index contributed by atoms with van der Waals surface area (Å²) in [6, 6.07) is -9.57. The summed E-state index contributed by atoms with van der Waals surface area (Å²) in [7, 11) is 0. The summed E-state index contributed by atoms with van der Waals surface area (Å²) >= 11 is 0. The number of allylic oxidation sites excluding steroid dienone is 1. The maximum atomic E-state index is 14.7. The van der Waals surface area contributed by atoms with Crippen molar-refractivity contribution in [3.05, 3.63) is 12.2 Å². The molecule has 7 saturated heterocycles. The fraction of sp³-hybridized carbons (Fsp3) is 0.895. The van der Waals surface area contributed by atoms with Crippen LogP contribution in [0.3, 0.4) is 0 Å². The minimum atomic E-state index is -3.83. The number of hydrogen-bond donors (Lipinski definition) is 30. The Bertz CT molecular complexity index is 3920. The summed E-state index contributed by atoms with van der Waals surface area (Å²) < 4.78 is 84.1. The third-order valence-electron chi connectivity index (χ3n) is 27.6. The largest absolute Gasteiger partial charge is 0.477 e. The molecule has 0 aromatic heterocycles. The Morgan fingerprint density at radius 1 is 0.367 bits per heavy atom. The Labute approximate surface area is 852 Å². The van der Waals surface area contributed by atoms with E-state index in [9.17, 15) is 166 Å². The molecule has 5 amide bonds. The number of aliphatic carboxylic acids is 3. The predicted octanol–water partition coefficient (Wildman–Crippen LogP) is -6.69. The Kier molecular flexibility index (Phi) is 55.0. The van der Waals surface area contributed by atoms with Gasteiger partial charge in [-0.2, -0.15) is 0 Å². The molecule has 40 atom stereocenters. The first-order valence-corrected chi connectivity index (χ1v) is 51.4. The summed E-state index contributed by atoms with van der Waals surface area (Å²) in [5.74, 6) is -22.7. The monoisotopic (exact) mass is 2130 g/mol. The number of ether oxygens (including phenoxy) is 14. The zero-order chi connectivity index (χ0) is 109. The molecule has 14 unspecified atom stereocenters. The van der Waals surface area contributed by atoms with Crippen LogP contribution in [0.4, 0.5) is 0 Å². The van der Waals surface area contributed by atoms with Crippen LogP contribution in [0.2, 0.25) is 0 Å². The third-order valence-corrected chi connectivity index (χ3v) is 27.6. The zero-order valence-electron chi connectivity index (χ0n) is 84.3. The first-order chi connectivity index (χ1) is 69.9. The molecule has 0 aromatic rings. The second-order valence-corrected chi connectivity index (χ2v) is 39.2. The lowest BCUT2D eigenvalue weighted by Crippen LogP contribution is -2.73. The Balaban J connectivity index is 1.24. The molecule has 0 aliphatic carbocycles. The van der Waals surface area contributed by atoms with E-state index in [1.54, 1.807) is 6.08 Å². The van der Waals surface area contributed by atoms with Crippen LogP contribution >= 0.6 is 0 Å². The Morgan fingerprint density at radius 3 is 1.14 bits per heavy atom. The molecule has 0 spiro atoms. The fourth-order valence-electron chi connectivity index (χ4n) is 19.5. The van der Waals surface area contributed by atoms with Gasteiger partial charge in [0.05, 0.1) is 101 Å². The predicted molar refractivity (Wildman–Crippen MR) is 501 cm³/mol. The van der Waals surface area contributed by atoms with Gasteiger partial charge in [-0.15, -0.1) is 0 Å². The topological polar surface area (TPSA) is 832 Å². The highest BCUT2D eigenvalue weighted by Gasteiger charge is 2.66. The lowest BCUT2D eigenvalue weighted by molar-refractivity contribution is -0.404. The first-order valence-electron chi connectivity index (χ1n) is 51.4. The molecule has 0 aromatic carbocycles. The molecule has 7 fully saturated rings. The molecule has 0 radical (unpaired) electrons. The summed E-state index contributed by atoms with van der Waals surface area (Å²) in [6.07, 6.45) is -47.0. The van der Waals surface area contributed by atoms with Gasteiger partial charge in [0.2, 0.25) is 29.5 Å². The number of rotatable bonds is 66. The second kappa shape index (κ2) is 63.2. The molecule has 0 bridgehead atoms. The summed E-state index contributed by atoms with van der Waals surface area (Å²) in [5.41, 5.74) is 0. The van der Waals surface area contributed by atoms with Crippen LogP contribution < -0.4 is 26.6 Å². The number of unbranched alkanes of at least 4 members (excludes halogenated alkanes) is 25. The van der Waals surface area contributed by atoms with Crippen LogP contribution in [-0.2, 0) is 105 Å². The van der Waals surface area contributed by atoms with Gasteiger partial charge in [0.25, 0.3) is 17.4 Å². The number of amides is 5. The molecular weight excluding hydrogens is 1960 g/mol. The van der Waals surface area contributed by atoms with Gasteiger partial charge in [-0.25, -0.2) is 14.4 Å². The van der Waals surface area contributed by atoms with Gasteiger partial charge >= 0.3 is 17.9 Å². The van der Waals surface area contributed by atoms with E-state index in [0.29, 0.717) is 12.8 Å². The van der Waals surface area contributed by atoms with Gasteiger partial charge < -0.3 is 221 Å². The van der Waals surface area contributed by atoms with Crippen LogP contribution in [-0.4, -0.2) is 472 Å².